The molecule has 0 spiro atoms. The van der Waals surface area contributed by atoms with Crippen LogP contribution in [0, 0.1) is 0 Å². The number of nitrogen functional groups attached to an aromatic ring is 1. The number of nitrogens with one attached hydrogen (secondary N) is 2. The van der Waals surface area contributed by atoms with Crippen LogP contribution in [0.4, 0.5) is 22.1 Å². The Hall–Kier alpha value is -3.28. The zero-order valence-corrected chi connectivity index (χ0v) is 12.3. The summed E-state index contributed by atoms with van der Waals surface area (Å²) in [6.45, 7) is 0.600. The molecule has 0 radical (unpaired) electrons. The van der Waals surface area contributed by atoms with Crippen LogP contribution in [-0.2, 0) is 6.54 Å². The van der Waals surface area contributed by atoms with Crippen LogP contribution >= 0.6 is 0 Å². The molecular formula is C17H16N4O2. The Morgan fingerprint density at radius 2 is 1.87 bits per heavy atom. The van der Waals surface area contributed by atoms with Gasteiger partial charge in [-0.3, -0.25) is 5.32 Å². The highest BCUT2D eigenvalue weighted by Crippen LogP contribution is 2.20. The minimum absolute atomic E-state index is 0.135. The van der Waals surface area contributed by atoms with Gasteiger partial charge in [0.25, 0.3) is 0 Å². The topological polar surface area (TPSA) is 100 Å². The molecule has 0 bridgehead atoms. The average molecular weight is 308 g/mol. The minimum atomic E-state index is -1.17. The molecule has 116 valence electrons. The SMILES string of the molecule is Nc1nc(NCc2ccc3ccccc3c2)ccc1NC(=O)O. The predicted molar refractivity (Wildman–Crippen MR) is 91.6 cm³/mol. The molecule has 1 amide bonds. The monoisotopic (exact) mass is 308 g/mol. The van der Waals surface area contributed by atoms with E-state index < -0.39 is 6.09 Å². The van der Waals surface area contributed by atoms with Crippen molar-refractivity contribution >= 4 is 34.2 Å². The van der Waals surface area contributed by atoms with E-state index in [1.54, 1.807) is 12.1 Å². The number of rotatable bonds is 4. The number of pyridine rings is 1. The van der Waals surface area contributed by atoms with Crippen molar-refractivity contribution in [2.24, 2.45) is 0 Å². The molecule has 6 nitrogen and oxygen atoms in total. The van der Waals surface area contributed by atoms with Crippen LogP contribution < -0.4 is 16.4 Å². The van der Waals surface area contributed by atoms with Gasteiger partial charge < -0.3 is 16.2 Å². The van der Waals surface area contributed by atoms with Gasteiger partial charge in [-0.05, 0) is 34.5 Å². The van der Waals surface area contributed by atoms with Gasteiger partial charge >= 0.3 is 6.09 Å². The van der Waals surface area contributed by atoms with E-state index in [4.69, 9.17) is 10.8 Å². The lowest BCUT2D eigenvalue weighted by atomic mass is 10.1. The predicted octanol–water partition coefficient (Wildman–Crippen LogP) is 3.52. The highest BCUT2D eigenvalue weighted by molar-refractivity contribution is 5.87. The van der Waals surface area contributed by atoms with E-state index in [2.05, 4.69) is 45.9 Å². The molecule has 0 aliphatic carbocycles. The molecule has 0 fully saturated rings. The minimum Gasteiger partial charge on any atom is -0.465 e. The number of carboxylic acid groups (broad SMARTS) is 1. The molecule has 1 heterocycles. The van der Waals surface area contributed by atoms with E-state index in [0.717, 1.165) is 5.56 Å². The highest BCUT2D eigenvalue weighted by Gasteiger charge is 2.05. The number of nitrogens with two attached hydrogens (primary N) is 1. The van der Waals surface area contributed by atoms with Gasteiger partial charge in [0.1, 0.15) is 11.6 Å². The zero-order valence-electron chi connectivity index (χ0n) is 12.3. The first-order valence-electron chi connectivity index (χ1n) is 7.10. The van der Waals surface area contributed by atoms with Crippen molar-refractivity contribution in [1.29, 1.82) is 0 Å². The fourth-order valence-corrected chi connectivity index (χ4v) is 2.34. The van der Waals surface area contributed by atoms with Crippen molar-refractivity contribution in [2.75, 3.05) is 16.4 Å². The molecule has 0 saturated carbocycles. The number of amides is 1. The zero-order chi connectivity index (χ0) is 16.2. The average Bonchev–Trinajstić information content (AvgIpc) is 2.54. The van der Waals surface area contributed by atoms with Gasteiger partial charge in [0.05, 0.1) is 5.69 Å². The Balaban J connectivity index is 1.71. The Kier molecular flexibility index (Phi) is 3.97. The number of fused-ring (bicyclic) bond motifs is 1. The highest BCUT2D eigenvalue weighted by atomic mass is 16.4. The van der Waals surface area contributed by atoms with Crippen LogP contribution in [0.25, 0.3) is 10.8 Å². The maximum atomic E-state index is 10.6. The molecule has 3 aromatic rings. The van der Waals surface area contributed by atoms with Gasteiger partial charge in [0, 0.05) is 6.54 Å². The normalized spacial score (nSPS) is 10.4. The molecule has 0 aliphatic heterocycles. The van der Waals surface area contributed by atoms with Crippen molar-refractivity contribution in [3.8, 4) is 0 Å². The number of aromatic nitrogens is 1. The number of carbonyl (C=O) groups is 1. The fraction of sp³-hybridized carbons (Fsp3) is 0.0588. The quantitative estimate of drug-likeness (QED) is 0.591. The van der Waals surface area contributed by atoms with E-state index in [1.807, 2.05) is 12.1 Å². The smallest absolute Gasteiger partial charge is 0.409 e. The number of benzene rings is 2. The van der Waals surface area contributed by atoms with Crippen LogP contribution in [0.2, 0.25) is 0 Å². The lowest BCUT2D eigenvalue weighted by molar-refractivity contribution is 0.210. The number of hydrogen-bond donors (Lipinski definition) is 4. The maximum Gasteiger partial charge on any atom is 0.409 e. The van der Waals surface area contributed by atoms with Crippen molar-refractivity contribution in [1.82, 2.24) is 4.98 Å². The first kappa shape index (κ1) is 14.6. The molecule has 23 heavy (non-hydrogen) atoms. The molecule has 2 aromatic carbocycles. The van der Waals surface area contributed by atoms with E-state index >= 15 is 0 Å². The van der Waals surface area contributed by atoms with Crippen LogP contribution in [0.3, 0.4) is 0 Å². The second-order valence-corrected chi connectivity index (χ2v) is 5.09. The summed E-state index contributed by atoms with van der Waals surface area (Å²) in [4.78, 5) is 14.8. The molecule has 0 aliphatic rings. The van der Waals surface area contributed by atoms with Crippen molar-refractivity contribution < 1.29 is 9.90 Å². The lowest BCUT2D eigenvalue weighted by Crippen LogP contribution is -2.11. The summed E-state index contributed by atoms with van der Waals surface area (Å²) in [5.74, 6) is 0.725. The largest absolute Gasteiger partial charge is 0.465 e. The van der Waals surface area contributed by atoms with Crippen molar-refractivity contribution in [2.45, 2.75) is 6.54 Å². The summed E-state index contributed by atoms with van der Waals surface area (Å²) in [5.41, 5.74) is 7.13. The van der Waals surface area contributed by atoms with E-state index in [1.165, 1.54) is 10.8 Å². The first-order chi connectivity index (χ1) is 11.1. The van der Waals surface area contributed by atoms with Crippen molar-refractivity contribution in [3.63, 3.8) is 0 Å². The van der Waals surface area contributed by atoms with Gasteiger partial charge in [-0.25, -0.2) is 9.78 Å². The second kappa shape index (κ2) is 6.23. The van der Waals surface area contributed by atoms with Gasteiger partial charge in [-0.2, -0.15) is 0 Å². The Morgan fingerprint density at radius 1 is 1.09 bits per heavy atom. The maximum absolute atomic E-state index is 10.6. The van der Waals surface area contributed by atoms with E-state index in [9.17, 15) is 4.79 Å². The summed E-state index contributed by atoms with van der Waals surface area (Å²) >= 11 is 0. The van der Waals surface area contributed by atoms with Crippen LogP contribution in [0.1, 0.15) is 5.56 Å². The summed E-state index contributed by atoms with van der Waals surface area (Å²) < 4.78 is 0. The molecule has 3 rings (SSSR count). The molecule has 0 saturated heterocycles. The summed E-state index contributed by atoms with van der Waals surface area (Å²) in [6, 6.07) is 17.7. The molecular weight excluding hydrogens is 292 g/mol. The molecule has 0 atom stereocenters. The van der Waals surface area contributed by atoms with Gasteiger partial charge in [-0.15, -0.1) is 0 Å². The Labute approximate surface area is 133 Å². The molecule has 0 unspecified atom stereocenters. The molecule has 6 heteroatoms. The van der Waals surface area contributed by atoms with Crippen LogP contribution in [0.15, 0.2) is 54.6 Å². The Bertz CT molecular complexity index is 864. The van der Waals surface area contributed by atoms with E-state index in [0.29, 0.717) is 12.4 Å². The Morgan fingerprint density at radius 3 is 2.61 bits per heavy atom. The second-order valence-electron chi connectivity index (χ2n) is 5.09. The lowest BCUT2D eigenvalue weighted by Gasteiger charge is -2.10. The number of anilines is 3. The first-order valence-corrected chi connectivity index (χ1v) is 7.10. The third-order valence-corrected chi connectivity index (χ3v) is 3.45. The van der Waals surface area contributed by atoms with E-state index in [-0.39, 0.29) is 11.5 Å². The van der Waals surface area contributed by atoms with Crippen molar-refractivity contribution in [3.05, 3.63) is 60.2 Å². The van der Waals surface area contributed by atoms with Gasteiger partial charge in [0.15, 0.2) is 0 Å². The third-order valence-electron chi connectivity index (χ3n) is 3.45. The number of hydrogen-bond acceptors (Lipinski definition) is 4. The van der Waals surface area contributed by atoms with Crippen LogP contribution in [-0.4, -0.2) is 16.2 Å². The third kappa shape index (κ3) is 3.49. The summed E-state index contributed by atoms with van der Waals surface area (Å²) in [6.07, 6.45) is -1.17. The molecule has 1 aromatic heterocycles. The van der Waals surface area contributed by atoms with Gasteiger partial charge in [-0.1, -0.05) is 36.4 Å². The summed E-state index contributed by atoms with van der Waals surface area (Å²) in [7, 11) is 0. The van der Waals surface area contributed by atoms with Gasteiger partial charge in [0.2, 0.25) is 0 Å². The number of nitrogens with zero attached hydrogens (tertiary/aromatic N) is 1. The fourth-order valence-electron chi connectivity index (χ4n) is 2.34. The summed E-state index contributed by atoms with van der Waals surface area (Å²) in [5, 5.41) is 16.4. The van der Waals surface area contributed by atoms with Crippen LogP contribution in [0.5, 0.6) is 0 Å². The standard InChI is InChI=1S/C17H16N4O2/c18-16-14(20-17(22)23)7-8-15(21-16)19-10-11-5-6-12-3-1-2-4-13(12)9-11/h1-9,20H,10H2,(H,22,23)(H3,18,19,21). The molecule has 5 N–H and O–H groups in total.